The summed E-state index contributed by atoms with van der Waals surface area (Å²) in [5.41, 5.74) is 2.41. The second-order valence-corrected chi connectivity index (χ2v) is 3.81. The molecule has 1 atom stereocenters. The first-order chi connectivity index (χ1) is 7.81. The maximum absolute atomic E-state index is 3.95. The average molecular weight is 216 g/mol. The highest BCUT2D eigenvalue weighted by molar-refractivity contribution is 5.18. The number of aromatic nitrogens is 3. The van der Waals surface area contributed by atoms with E-state index in [2.05, 4.69) is 39.9 Å². The summed E-state index contributed by atoms with van der Waals surface area (Å²) in [4.78, 5) is 0. The molecule has 0 amide bonds. The zero-order valence-corrected chi connectivity index (χ0v) is 9.59. The van der Waals surface area contributed by atoms with E-state index in [0.29, 0.717) is 0 Å². The Labute approximate surface area is 95.3 Å². The van der Waals surface area contributed by atoms with Crippen LogP contribution < -0.4 is 5.32 Å². The van der Waals surface area contributed by atoms with Crippen LogP contribution in [0.2, 0.25) is 0 Å². The number of aryl methyl sites for hydroxylation is 1. The predicted octanol–water partition coefficient (Wildman–Crippen LogP) is 1.32. The van der Waals surface area contributed by atoms with Crippen LogP contribution in [0.15, 0.2) is 36.5 Å². The number of benzene rings is 1. The standard InChI is InChI=1S/C12H16N4/c1-13-11(12-9-14-15-16(12)2)8-10-6-4-3-5-7-10/h3-7,9,11,13H,8H2,1-2H3. The van der Waals surface area contributed by atoms with Crippen LogP contribution >= 0.6 is 0 Å². The van der Waals surface area contributed by atoms with Gasteiger partial charge in [0.2, 0.25) is 0 Å². The minimum atomic E-state index is 0.252. The molecule has 1 aromatic heterocycles. The van der Waals surface area contributed by atoms with Crippen LogP contribution in [0.4, 0.5) is 0 Å². The Morgan fingerprint density at radius 2 is 2.06 bits per heavy atom. The van der Waals surface area contributed by atoms with Crippen molar-refractivity contribution in [1.29, 1.82) is 0 Å². The molecule has 0 saturated carbocycles. The molecule has 0 aliphatic carbocycles. The molecule has 0 saturated heterocycles. The Kier molecular flexibility index (Phi) is 3.31. The fraction of sp³-hybridized carbons (Fsp3) is 0.333. The minimum absolute atomic E-state index is 0.252. The van der Waals surface area contributed by atoms with Gasteiger partial charge in [-0.2, -0.15) is 0 Å². The lowest BCUT2D eigenvalue weighted by atomic mass is 10.0. The third-order valence-electron chi connectivity index (χ3n) is 2.74. The molecule has 0 bridgehead atoms. The summed E-state index contributed by atoms with van der Waals surface area (Å²) in [5.74, 6) is 0. The normalized spacial score (nSPS) is 12.6. The second-order valence-electron chi connectivity index (χ2n) is 3.81. The van der Waals surface area contributed by atoms with Crippen LogP contribution in [0.25, 0.3) is 0 Å². The van der Waals surface area contributed by atoms with Gasteiger partial charge in [0.1, 0.15) is 0 Å². The molecule has 1 heterocycles. The van der Waals surface area contributed by atoms with Crippen LogP contribution in [0.5, 0.6) is 0 Å². The third-order valence-corrected chi connectivity index (χ3v) is 2.74. The van der Waals surface area contributed by atoms with Gasteiger partial charge in [-0.3, -0.25) is 4.68 Å². The van der Waals surface area contributed by atoms with E-state index in [1.807, 2.05) is 31.0 Å². The van der Waals surface area contributed by atoms with E-state index in [4.69, 9.17) is 0 Å². The maximum atomic E-state index is 3.95. The van der Waals surface area contributed by atoms with E-state index in [1.165, 1.54) is 5.56 Å². The Hall–Kier alpha value is -1.68. The van der Waals surface area contributed by atoms with Crippen molar-refractivity contribution in [2.75, 3.05) is 7.05 Å². The largest absolute Gasteiger partial charge is 0.311 e. The van der Waals surface area contributed by atoms with Crippen LogP contribution in [-0.4, -0.2) is 22.0 Å². The molecule has 0 aliphatic heterocycles. The molecule has 4 nitrogen and oxygen atoms in total. The number of hydrogen-bond acceptors (Lipinski definition) is 3. The van der Waals surface area contributed by atoms with Crippen molar-refractivity contribution in [3.8, 4) is 0 Å². The molecule has 84 valence electrons. The fourth-order valence-electron chi connectivity index (χ4n) is 1.82. The first kappa shape index (κ1) is 10.8. The number of nitrogens with one attached hydrogen (secondary N) is 1. The first-order valence-corrected chi connectivity index (χ1v) is 5.37. The molecule has 2 rings (SSSR count). The maximum Gasteiger partial charge on any atom is 0.0756 e. The first-order valence-electron chi connectivity index (χ1n) is 5.37. The van der Waals surface area contributed by atoms with Gasteiger partial charge in [-0.05, 0) is 19.0 Å². The topological polar surface area (TPSA) is 42.7 Å². The quantitative estimate of drug-likeness (QED) is 0.838. The Balaban J connectivity index is 2.16. The van der Waals surface area contributed by atoms with Gasteiger partial charge in [-0.25, -0.2) is 0 Å². The highest BCUT2D eigenvalue weighted by atomic mass is 15.4. The van der Waals surface area contributed by atoms with Gasteiger partial charge < -0.3 is 5.32 Å². The fourth-order valence-corrected chi connectivity index (χ4v) is 1.82. The monoisotopic (exact) mass is 216 g/mol. The predicted molar refractivity (Wildman–Crippen MR) is 62.9 cm³/mol. The van der Waals surface area contributed by atoms with E-state index in [1.54, 1.807) is 0 Å². The SMILES string of the molecule is CNC(Cc1ccccc1)c1cnnn1C. The zero-order valence-electron chi connectivity index (χ0n) is 9.59. The number of hydrogen-bond donors (Lipinski definition) is 1. The summed E-state index contributed by atoms with van der Waals surface area (Å²) >= 11 is 0. The van der Waals surface area contributed by atoms with Crippen LogP contribution in [0.3, 0.4) is 0 Å². The summed E-state index contributed by atoms with van der Waals surface area (Å²) in [7, 11) is 3.87. The molecule has 0 spiro atoms. The summed E-state index contributed by atoms with van der Waals surface area (Å²) in [6, 6.07) is 10.7. The Morgan fingerprint density at radius 3 is 2.62 bits per heavy atom. The van der Waals surface area contributed by atoms with Gasteiger partial charge >= 0.3 is 0 Å². The van der Waals surface area contributed by atoms with Gasteiger partial charge in [0, 0.05) is 7.05 Å². The van der Waals surface area contributed by atoms with Gasteiger partial charge in [0.15, 0.2) is 0 Å². The minimum Gasteiger partial charge on any atom is -0.311 e. The molecular weight excluding hydrogens is 200 g/mol. The molecular formula is C12H16N4. The Bertz CT molecular complexity index is 435. The molecule has 0 fully saturated rings. The third kappa shape index (κ3) is 2.28. The highest BCUT2D eigenvalue weighted by Crippen LogP contribution is 2.16. The van der Waals surface area contributed by atoms with Crippen molar-refractivity contribution in [2.24, 2.45) is 7.05 Å². The van der Waals surface area contributed by atoms with Gasteiger partial charge in [0.25, 0.3) is 0 Å². The molecule has 1 aromatic carbocycles. The molecule has 4 heteroatoms. The summed E-state index contributed by atoms with van der Waals surface area (Å²) < 4.78 is 1.81. The van der Waals surface area contributed by atoms with Crippen molar-refractivity contribution >= 4 is 0 Å². The van der Waals surface area contributed by atoms with Gasteiger partial charge in [-0.15, -0.1) is 5.10 Å². The lowest BCUT2D eigenvalue weighted by Crippen LogP contribution is -2.21. The molecule has 1 N–H and O–H groups in total. The van der Waals surface area contributed by atoms with E-state index in [0.717, 1.165) is 12.1 Å². The van der Waals surface area contributed by atoms with Crippen LogP contribution in [-0.2, 0) is 13.5 Å². The van der Waals surface area contributed by atoms with Crippen molar-refractivity contribution in [3.63, 3.8) is 0 Å². The number of nitrogens with zero attached hydrogens (tertiary/aromatic N) is 3. The summed E-state index contributed by atoms with van der Waals surface area (Å²) in [5, 5.41) is 11.2. The van der Waals surface area contributed by atoms with Gasteiger partial charge in [0.05, 0.1) is 17.9 Å². The van der Waals surface area contributed by atoms with E-state index < -0.39 is 0 Å². The van der Waals surface area contributed by atoms with E-state index in [9.17, 15) is 0 Å². The second kappa shape index (κ2) is 4.90. The zero-order chi connectivity index (χ0) is 11.4. The van der Waals surface area contributed by atoms with Gasteiger partial charge in [-0.1, -0.05) is 35.5 Å². The number of rotatable bonds is 4. The smallest absolute Gasteiger partial charge is 0.0756 e. The molecule has 2 aromatic rings. The average Bonchev–Trinajstić information content (AvgIpc) is 2.74. The molecule has 16 heavy (non-hydrogen) atoms. The van der Waals surface area contributed by atoms with Crippen molar-refractivity contribution in [1.82, 2.24) is 20.3 Å². The van der Waals surface area contributed by atoms with Crippen LogP contribution in [0.1, 0.15) is 17.3 Å². The van der Waals surface area contributed by atoms with Crippen molar-refractivity contribution in [3.05, 3.63) is 47.8 Å². The van der Waals surface area contributed by atoms with Crippen LogP contribution in [0, 0.1) is 0 Å². The Morgan fingerprint density at radius 1 is 1.31 bits per heavy atom. The highest BCUT2D eigenvalue weighted by Gasteiger charge is 2.13. The molecule has 0 radical (unpaired) electrons. The van der Waals surface area contributed by atoms with Crippen molar-refractivity contribution < 1.29 is 0 Å². The van der Waals surface area contributed by atoms with E-state index >= 15 is 0 Å². The molecule has 1 unspecified atom stereocenters. The summed E-state index contributed by atoms with van der Waals surface area (Å²) in [6.45, 7) is 0. The lowest BCUT2D eigenvalue weighted by Gasteiger charge is -2.15. The lowest BCUT2D eigenvalue weighted by molar-refractivity contribution is 0.534. The molecule has 0 aliphatic rings. The van der Waals surface area contributed by atoms with E-state index in [-0.39, 0.29) is 6.04 Å². The summed E-state index contributed by atoms with van der Waals surface area (Å²) in [6.07, 6.45) is 2.75. The number of likely N-dealkylation sites (N-methyl/N-ethyl adjacent to an activating group) is 1. The van der Waals surface area contributed by atoms with Crippen molar-refractivity contribution in [2.45, 2.75) is 12.5 Å².